The minimum Gasteiger partial charge on any atom is -0.480 e. The first-order valence-electron chi connectivity index (χ1n) is 9.45. The van der Waals surface area contributed by atoms with Crippen LogP contribution in [0.25, 0.3) is 0 Å². The van der Waals surface area contributed by atoms with Crippen LogP contribution in [0.1, 0.15) is 13.2 Å². The number of para-hydroxylation sites is 1. The minimum atomic E-state index is -4.28. The SMILES string of the molecule is C[C@H](N[P@@](=O)(OC[C@H]1O[C@@H](n2ccc(=O)[nH]c2=O)[C@](Cl)(Br)[C@@H]1O)Oc1ccccc1)C(=O)O. The topological polar surface area (TPSA) is 169 Å². The fourth-order valence-electron chi connectivity index (χ4n) is 2.89. The predicted octanol–water partition coefficient (Wildman–Crippen LogP) is 1.39. The number of halogens is 2. The summed E-state index contributed by atoms with van der Waals surface area (Å²) in [4.78, 5) is 36.8. The first kappa shape index (κ1) is 25.6. The number of aliphatic hydroxyl groups is 1. The van der Waals surface area contributed by atoms with Gasteiger partial charge in [-0.15, -0.1) is 0 Å². The van der Waals surface area contributed by atoms with Crippen molar-refractivity contribution in [3.05, 3.63) is 63.4 Å². The number of H-pyrrole nitrogens is 1. The third-order valence-electron chi connectivity index (χ3n) is 4.58. The third-order valence-corrected chi connectivity index (χ3v) is 7.50. The predicted molar refractivity (Wildman–Crippen MR) is 120 cm³/mol. The highest BCUT2D eigenvalue weighted by molar-refractivity contribution is 9.10. The highest BCUT2D eigenvalue weighted by Gasteiger charge is 2.55. The van der Waals surface area contributed by atoms with Crippen molar-refractivity contribution in [1.29, 1.82) is 0 Å². The van der Waals surface area contributed by atoms with Gasteiger partial charge in [0.1, 0.15) is 24.0 Å². The van der Waals surface area contributed by atoms with E-state index in [-0.39, 0.29) is 5.75 Å². The molecule has 3 rings (SSSR count). The first-order chi connectivity index (χ1) is 15.4. The number of carboxylic acids is 1. The number of ether oxygens (including phenoxy) is 1. The Balaban J connectivity index is 1.80. The number of benzene rings is 1. The van der Waals surface area contributed by atoms with Crippen LogP contribution in [0, 0.1) is 0 Å². The van der Waals surface area contributed by atoms with E-state index in [9.17, 15) is 24.1 Å². The lowest BCUT2D eigenvalue weighted by atomic mass is 10.2. The summed E-state index contributed by atoms with van der Waals surface area (Å²) in [5.74, 6) is -1.16. The minimum absolute atomic E-state index is 0.142. The van der Waals surface area contributed by atoms with Gasteiger partial charge in [-0.3, -0.25) is 23.7 Å². The monoisotopic (exact) mass is 567 g/mol. The number of aliphatic carboxylic acids is 1. The standard InChI is InChI=1S/C18H20BrClN3O9P/c1-10(15(26)27)22-33(29,32-11-5-3-2-4-6-11)30-9-12-14(25)18(19,20)16(31-12)23-8-7-13(24)21-17(23)28/h2-8,10,12,14,16,25H,9H2,1H3,(H,22,29)(H,26,27)(H,21,24,28)/t10-,12+,14+,16+,18-,33+/m0/s1. The number of aromatic amines is 1. The number of carboxylic acid groups (broad SMARTS) is 1. The number of rotatable bonds is 9. The molecule has 1 aliphatic heterocycles. The summed E-state index contributed by atoms with van der Waals surface area (Å²) in [6.45, 7) is 0.688. The number of hydrogen-bond acceptors (Lipinski definition) is 8. The van der Waals surface area contributed by atoms with Crippen molar-refractivity contribution in [2.75, 3.05) is 6.61 Å². The molecule has 33 heavy (non-hydrogen) atoms. The molecule has 2 heterocycles. The van der Waals surface area contributed by atoms with Gasteiger partial charge in [0.15, 0.2) is 10.0 Å². The fraction of sp³-hybridized carbons (Fsp3) is 0.389. The van der Waals surface area contributed by atoms with Crippen molar-refractivity contribution in [2.45, 2.75) is 35.2 Å². The Hall–Kier alpha value is -1.99. The fourth-order valence-corrected chi connectivity index (χ4v) is 5.32. The average Bonchev–Trinajstić information content (AvgIpc) is 2.96. The van der Waals surface area contributed by atoms with E-state index >= 15 is 0 Å². The molecule has 15 heteroatoms. The molecule has 2 aromatic rings. The molecule has 1 aromatic heterocycles. The molecule has 1 fully saturated rings. The van der Waals surface area contributed by atoms with Gasteiger partial charge in [-0.1, -0.05) is 45.7 Å². The lowest BCUT2D eigenvalue weighted by molar-refractivity contribution is -0.138. The van der Waals surface area contributed by atoms with E-state index in [2.05, 4.69) is 21.0 Å². The molecule has 1 aromatic carbocycles. The molecule has 1 saturated heterocycles. The first-order valence-corrected chi connectivity index (χ1v) is 12.2. The molecule has 4 N–H and O–H groups in total. The largest absolute Gasteiger partial charge is 0.480 e. The number of alkyl halides is 2. The van der Waals surface area contributed by atoms with Gasteiger partial charge < -0.3 is 19.5 Å². The number of nitrogens with one attached hydrogen (secondary N) is 2. The summed E-state index contributed by atoms with van der Waals surface area (Å²) in [5, 5.41) is 22.1. The van der Waals surface area contributed by atoms with E-state index in [0.29, 0.717) is 0 Å². The Kier molecular flexibility index (Phi) is 7.84. The molecule has 1 aliphatic rings. The molecule has 0 radical (unpaired) electrons. The molecule has 0 amide bonds. The summed E-state index contributed by atoms with van der Waals surface area (Å²) in [6, 6.07) is 7.68. The third kappa shape index (κ3) is 5.93. The van der Waals surface area contributed by atoms with Gasteiger partial charge >= 0.3 is 19.4 Å². The van der Waals surface area contributed by atoms with Crippen molar-refractivity contribution in [2.24, 2.45) is 0 Å². The van der Waals surface area contributed by atoms with Crippen molar-refractivity contribution >= 4 is 41.2 Å². The Morgan fingerprint density at radius 3 is 2.67 bits per heavy atom. The Morgan fingerprint density at radius 1 is 1.39 bits per heavy atom. The number of aromatic nitrogens is 2. The summed E-state index contributed by atoms with van der Waals surface area (Å²) in [5.41, 5.74) is -1.47. The van der Waals surface area contributed by atoms with Crippen LogP contribution in [-0.4, -0.2) is 54.4 Å². The Labute approximate surface area is 200 Å². The van der Waals surface area contributed by atoms with Gasteiger partial charge in [0.25, 0.3) is 5.56 Å². The lowest BCUT2D eigenvalue weighted by Crippen LogP contribution is -2.41. The number of carbonyl (C=O) groups is 1. The van der Waals surface area contributed by atoms with Crippen LogP contribution in [0.15, 0.2) is 52.2 Å². The molecule has 0 unspecified atom stereocenters. The molecule has 12 nitrogen and oxygen atoms in total. The van der Waals surface area contributed by atoms with Crippen LogP contribution in [0.5, 0.6) is 5.75 Å². The molecule has 180 valence electrons. The van der Waals surface area contributed by atoms with E-state index in [4.69, 9.17) is 30.5 Å². The number of nitrogens with zero attached hydrogens (tertiary/aromatic N) is 1. The highest BCUT2D eigenvalue weighted by atomic mass is 79.9. The van der Waals surface area contributed by atoms with Crippen LogP contribution in [0.4, 0.5) is 0 Å². The van der Waals surface area contributed by atoms with E-state index in [1.807, 2.05) is 4.98 Å². The number of hydrogen-bond donors (Lipinski definition) is 4. The second-order valence-corrected chi connectivity index (χ2v) is 11.1. The second kappa shape index (κ2) is 10.1. The maximum atomic E-state index is 13.3. The van der Waals surface area contributed by atoms with Gasteiger partial charge in [-0.05, 0) is 19.1 Å². The van der Waals surface area contributed by atoms with Crippen LogP contribution in [0.3, 0.4) is 0 Å². The van der Waals surface area contributed by atoms with Crippen LogP contribution < -0.4 is 20.9 Å². The zero-order valence-electron chi connectivity index (χ0n) is 17.0. The smallest absolute Gasteiger partial charge is 0.459 e. The summed E-state index contributed by atoms with van der Waals surface area (Å²) in [7, 11) is -4.28. The zero-order chi connectivity index (χ0) is 24.4. The molecule has 6 atom stereocenters. The lowest BCUT2D eigenvalue weighted by Gasteiger charge is -2.25. The van der Waals surface area contributed by atoms with Gasteiger partial charge in [-0.2, -0.15) is 5.09 Å². The second-order valence-electron chi connectivity index (χ2n) is 7.05. The summed E-state index contributed by atoms with van der Waals surface area (Å²) < 4.78 is 29.0. The molecule has 0 saturated carbocycles. The van der Waals surface area contributed by atoms with E-state index < -0.39 is 59.8 Å². The van der Waals surface area contributed by atoms with Gasteiger partial charge in [0.05, 0.1) is 6.61 Å². The van der Waals surface area contributed by atoms with Gasteiger partial charge in [0.2, 0.25) is 0 Å². The zero-order valence-corrected chi connectivity index (χ0v) is 20.2. The summed E-state index contributed by atoms with van der Waals surface area (Å²) >= 11 is 9.50. The molecular formula is C18H20BrClN3O9P. The van der Waals surface area contributed by atoms with Gasteiger partial charge in [-0.25, -0.2) is 9.36 Å². The van der Waals surface area contributed by atoms with E-state index in [1.165, 1.54) is 19.1 Å². The van der Waals surface area contributed by atoms with Crippen molar-refractivity contribution in [1.82, 2.24) is 14.6 Å². The average molecular weight is 569 g/mol. The quantitative estimate of drug-likeness (QED) is 0.256. The Bertz CT molecular complexity index is 1160. The normalized spacial score (nSPS) is 27.6. The van der Waals surface area contributed by atoms with Gasteiger partial charge in [0, 0.05) is 12.3 Å². The van der Waals surface area contributed by atoms with Crippen LogP contribution in [-0.2, 0) is 18.6 Å². The molecule has 0 bridgehead atoms. The number of aliphatic hydroxyl groups excluding tert-OH is 1. The van der Waals surface area contributed by atoms with Crippen LogP contribution in [0.2, 0.25) is 0 Å². The Morgan fingerprint density at radius 2 is 2.06 bits per heavy atom. The van der Waals surface area contributed by atoms with Crippen LogP contribution >= 0.6 is 35.3 Å². The molecule has 0 spiro atoms. The maximum Gasteiger partial charge on any atom is 0.459 e. The van der Waals surface area contributed by atoms with Crippen molar-refractivity contribution in [3.63, 3.8) is 0 Å². The van der Waals surface area contributed by atoms with Crippen molar-refractivity contribution < 1.29 is 33.4 Å². The van der Waals surface area contributed by atoms with E-state index in [1.54, 1.807) is 18.2 Å². The maximum absolute atomic E-state index is 13.3. The molecule has 0 aliphatic carbocycles. The van der Waals surface area contributed by atoms with E-state index in [0.717, 1.165) is 16.8 Å². The van der Waals surface area contributed by atoms with Crippen molar-refractivity contribution in [3.8, 4) is 5.75 Å². The summed E-state index contributed by atoms with van der Waals surface area (Å²) in [6.07, 6.45) is -2.85. The molecular weight excluding hydrogens is 549 g/mol. The highest BCUT2D eigenvalue weighted by Crippen LogP contribution is 2.50.